The number of rotatable bonds is 6. The molecule has 0 aliphatic carbocycles. The fourth-order valence-electron chi connectivity index (χ4n) is 3.48. The van der Waals surface area contributed by atoms with Crippen LogP contribution in [0.3, 0.4) is 0 Å². The predicted octanol–water partition coefficient (Wildman–Crippen LogP) is 2.00. The summed E-state index contributed by atoms with van der Waals surface area (Å²) in [4.78, 5) is 2.36. The van der Waals surface area contributed by atoms with Crippen LogP contribution in [-0.4, -0.2) is 41.9 Å². The molecule has 7 heteroatoms. The van der Waals surface area contributed by atoms with E-state index in [-0.39, 0.29) is 11.8 Å². The normalized spacial score (nSPS) is 18.3. The molecule has 1 aliphatic heterocycles. The zero-order valence-electron chi connectivity index (χ0n) is 15.1. The highest BCUT2D eigenvalue weighted by Gasteiger charge is 2.26. The van der Waals surface area contributed by atoms with Crippen molar-refractivity contribution in [2.45, 2.75) is 39.9 Å². The minimum absolute atomic E-state index is 0.00554. The molecule has 0 amide bonds. The fourth-order valence-corrected chi connectivity index (χ4v) is 4.13. The van der Waals surface area contributed by atoms with Crippen molar-refractivity contribution < 1.29 is 8.42 Å². The monoisotopic (exact) mass is 362 g/mol. The zero-order valence-corrected chi connectivity index (χ0v) is 15.9. The number of nitrogens with one attached hydrogen (secondary N) is 1. The van der Waals surface area contributed by atoms with Gasteiger partial charge < -0.3 is 0 Å². The molecule has 2 heterocycles. The number of aromatic nitrogens is 2. The number of nitrogens with zero attached hydrogens (tertiary/aromatic N) is 3. The van der Waals surface area contributed by atoms with E-state index in [1.807, 2.05) is 10.7 Å². The molecule has 3 rings (SSSR count). The van der Waals surface area contributed by atoms with Gasteiger partial charge in [-0.1, -0.05) is 29.3 Å². The maximum Gasteiger partial charge on any atom is 0.211 e. The average molecular weight is 362 g/mol. The molecule has 0 unspecified atom stereocenters. The highest BCUT2D eigenvalue weighted by molar-refractivity contribution is 7.89. The topological polar surface area (TPSA) is 67.2 Å². The second-order valence-electron chi connectivity index (χ2n) is 6.84. The average Bonchev–Trinajstić information content (AvgIpc) is 3.00. The highest BCUT2D eigenvalue weighted by atomic mass is 32.2. The van der Waals surface area contributed by atoms with E-state index < -0.39 is 10.0 Å². The summed E-state index contributed by atoms with van der Waals surface area (Å²) < 4.78 is 28.2. The van der Waals surface area contributed by atoms with Crippen LogP contribution in [0.25, 0.3) is 0 Å². The van der Waals surface area contributed by atoms with Gasteiger partial charge in [-0.05, 0) is 32.4 Å². The largest absolute Gasteiger partial charge is 0.291 e. The molecule has 0 radical (unpaired) electrons. The second kappa shape index (κ2) is 7.27. The molecule has 25 heavy (non-hydrogen) atoms. The van der Waals surface area contributed by atoms with Crippen LogP contribution >= 0.6 is 0 Å². The summed E-state index contributed by atoms with van der Waals surface area (Å²) in [5.74, 6) is 0.0952. The van der Waals surface area contributed by atoms with Gasteiger partial charge in [-0.25, -0.2) is 13.1 Å². The Morgan fingerprint density at radius 1 is 1.24 bits per heavy atom. The molecule has 2 aromatic rings. The van der Waals surface area contributed by atoms with E-state index in [1.165, 1.54) is 16.7 Å². The van der Waals surface area contributed by atoms with Crippen LogP contribution in [0.2, 0.25) is 0 Å². The van der Waals surface area contributed by atoms with Gasteiger partial charge >= 0.3 is 0 Å². The first kappa shape index (κ1) is 18.1. The van der Waals surface area contributed by atoms with E-state index in [0.717, 1.165) is 25.3 Å². The molecule has 1 aromatic carbocycles. The van der Waals surface area contributed by atoms with E-state index >= 15 is 0 Å². The van der Waals surface area contributed by atoms with E-state index in [2.05, 4.69) is 46.8 Å². The number of fused-ring (bicyclic) bond motifs is 1. The van der Waals surface area contributed by atoms with Crippen LogP contribution in [-0.2, 0) is 23.1 Å². The van der Waals surface area contributed by atoms with Gasteiger partial charge in [-0.2, -0.15) is 5.10 Å². The quantitative estimate of drug-likeness (QED) is 0.853. The Kier molecular flexibility index (Phi) is 5.27. The third-order valence-electron chi connectivity index (χ3n) is 4.56. The Labute approximate surface area is 149 Å². The van der Waals surface area contributed by atoms with Crippen LogP contribution in [0.1, 0.15) is 35.3 Å². The standard InChI is InChI=1S/C18H26N4O2S/c1-4-25(23,24)20-10-18-13-21(12-17-5-6-19-22(17)18)11-16-8-14(2)7-15(3)9-16/h5-9,18,20H,4,10-13H2,1-3H3/t18-/m0/s1. The van der Waals surface area contributed by atoms with Crippen molar-refractivity contribution in [3.63, 3.8) is 0 Å². The van der Waals surface area contributed by atoms with E-state index in [1.54, 1.807) is 13.1 Å². The third-order valence-corrected chi connectivity index (χ3v) is 5.93. The van der Waals surface area contributed by atoms with Gasteiger partial charge in [0.25, 0.3) is 0 Å². The lowest BCUT2D eigenvalue weighted by Gasteiger charge is -2.34. The van der Waals surface area contributed by atoms with Gasteiger partial charge in [0.1, 0.15) is 0 Å². The van der Waals surface area contributed by atoms with Crippen molar-refractivity contribution in [2.24, 2.45) is 0 Å². The molecule has 0 saturated heterocycles. The molecule has 1 aliphatic rings. The van der Waals surface area contributed by atoms with Gasteiger partial charge in [0.2, 0.25) is 10.0 Å². The molecule has 0 fully saturated rings. The lowest BCUT2D eigenvalue weighted by molar-refractivity contribution is 0.168. The first-order valence-electron chi connectivity index (χ1n) is 8.65. The van der Waals surface area contributed by atoms with E-state index in [0.29, 0.717) is 6.54 Å². The number of hydrogen-bond acceptors (Lipinski definition) is 4. The van der Waals surface area contributed by atoms with Crippen molar-refractivity contribution in [3.05, 3.63) is 52.8 Å². The second-order valence-corrected chi connectivity index (χ2v) is 8.93. The number of hydrogen-bond donors (Lipinski definition) is 1. The van der Waals surface area contributed by atoms with Gasteiger partial charge in [-0.3, -0.25) is 9.58 Å². The first-order chi connectivity index (χ1) is 11.9. The van der Waals surface area contributed by atoms with Crippen molar-refractivity contribution in [1.29, 1.82) is 0 Å². The number of aryl methyl sites for hydroxylation is 2. The Hall–Kier alpha value is -1.70. The summed E-state index contributed by atoms with van der Waals surface area (Å²) in [6.45, 7) is 8.69. The maximum absolute atomic E-state index is 11.8. The van der Waals surface area contributed by atoms with E-state index in [4.69, 9.17) is 0 Å². The molecule has 136 valence electrons. The lowest BCUT2D eigenvalue weighted by Crippen LogP contribution is -2.42. The Morgan fingerprint density at radius 2 is 1.96 bits per heavy atom. The molecule has 1 atom stereocenters. The van der Waals surface area contributed by atoms with Crippen LogP contribution in [0.5, 0.6) is 0 Å². The van der Waals surface area contributed by atoms with Gasteiger partial charge in [0.05, 0.1) is 17.5 Å². The molecule has 6 nitrogen and oxygen atoms in total. The molecular formula is C18H26N4O2S. The summed E-state index contributed by atoms with van der Waals surface area (Å²) >= 11 is 0. The first-order valence-corrected chi connectivity index (χ1v) is 10.3. The summed E-state index contributed by atoms with van der Waals surface area (Å²) in [6.07, 6.45) is 1.79. The minimum Gasteiger partial charge on any atom is -0.291 e. The van der Waals surface area contributed by atoms with E-state index in [9.17, 15) is 8.42 Å². The summed E-state index contributed by atoms with van der Waals surface area (Å²) in [5, 5.41) is 4.39. The SMILES string of the molecule is CCS(=O)(=O)NC[C@H]1CN(Cc2cc(C)cc(C)c2)Cc2ccnn21. The Morgan fingerprint density at radius 3 is 2.64 bits per heavy atom. The van der Waals surface area contributed by atoms with Crippen LogP contribution in [0.15, 0.2) is 30.5 Å². The predicted molar refractivity (Wildman–Crippen MR) is 98.8 cm³/mol. The maximum atomic E-state index is 11.8. The summed E-state index contributed by atoms with van der Waals surface area (Å²) in [7, 11) is -3.20. The van der Waals surface area contributed by atoms with Crippen molar-refractivity contribution in [1.82, 2.24) is 19.4 Å². The highest BCUT2D eigenvalue weighted by Crippen LogP contribution is 2.22. The van der Waals surface area contributed by atoms with Crippen molar-refractivity contribution >= 4 is 10.0 Å². The van der Waals surface area contributed by atoms with Crippen LogP contribution in [0, 0.1) is 13.8 Å². The lowest BCUT2D eigenvalue weighted by atomic mass is 10.1. The molecule has 0 saturated carbocycles. The molecule has 0 spiro atoms. The molecular weight excluding hydrogens is 336 g/mol. The smallest absolute Gasteiger partial charge is 0.211 e. The molecule has 0 bridgehead atoms. The minimum atomic E-state index is -3.20. The Balaban J connectivity index is 1.75. The van der Waals surface area contributed by atoms with Crippen LogP contribution in [0.4, 0.5) is 0 Å². The molecule has 1 aromatic heterocycles. The number of sulfonamides is 1. The van der Waals surface area contributed by atoms with Crippen LogP contribution < -0.4 is 4.72 Å². The van der Waals surface area contributed by atoms with Crippen molar-refractivity contribution in [2.75, 3.05) is 18.8 Å². The molecule has 1 N–H and O–H groups in total. The third kappa shape index (κ3) is 4.48. The van der Waals surface area contributed by atoms with Gasteiger partial charge in [0.15, 0.2) is 0 Å². The summed E-state index contributed by atoms with van der Waals surface area (Å²) in [5.41, 5.74) is 4.95. The van der Waals surface area contributed by atoms with Gasteiger partial charge in [0, 0.05) is 32.4 Å². The van der Waals surface area contributed by atoms with Gasteiger partial charge in [-0.15, -0.1) is 0 Å². The Bertz CT molecular complexity index is 824. The number of benzene rings is 1. The summed E-state index contributed by atoms with van der Waals surface area (Å²) in [6, 6.07) is 8.62. The van der Waals surface area contributed by atoms with Crippen molar-refractivity contribution in [3.8, 4) is 0 Å². The zero-order chi connectivity index (χ0) is 18.0. The fraction of sp³-hybridized carbons (Fsp3) is 0.500.